The Labute approximate surface area is 544 Å². The van der Waals surface area contributed by atoms with Crippen molar-refractivity contribution in [3.8, 4) is 0 Å². The number of nitrogens with one attached hydrogen (secondary N) is 2. The highest BCUT2D eigenvalue weighted by Crippen LogP contribution is 2.79. The average molecular weight is 1360 g/mol. The molecule has 6 fully saturated rings. The summed E-state index contributed by atoms with van der Waals surface area (Å²) in [5.41, 5.74) is -0.0794. The summed E-state index contributed by atoms with van der Waals surface area (Å²) in [6.45, 7) is -2.95. The van der Waals surface area contributed by atoms with Gasteiger partial charge >= 0.3 is 5.97 Å². The number of carbonyl (C=O) groups is 6. The molecule has 4 heterocycles. The number of hydrogen-bond donors (Lipinski definition) is 4. The first-order valence-electron chi connectivity index (χ1n) is 29.7. The molecule has 0 radical (unpaired) electrons. The van der Waals surface area contributed by atoms with Crippen LogP contribution in [0.5, 0.6) is 0 Å². The van der Waals surface area contributed by atoms with E-state index in [0.717, 1.165) is 12.8 Å². The number of nitrogens with two attached hydrogens (primary N) is 1. The van der Waals surface area contributed by atoms with Gasteiger partial charge in [0.2, 0.25) is 11.8 Å². The number of rotatable bonds is 12. The molecule has 4 amide bonds. The molecule has 0 bridgehead atoms. The number of aliphatic carboxylic acids is 1. The lowest BCUT2D eigenvalue weighted by Gasteiger charge is -2.59. The molecule has 4 aliphatic heterocycles. The molecule has 0 unspecified atom stereocenters. The number of amides is 4. The molecule has 25 heteroatoms. The van der Waals surface area contributed by atoms with E-state index in [1.54, 1.807) is 81.6 Å². The minimum atomic E-state index is -1.55. The predicted octanol–water partition coefficient (Wildman–Crippen LogP) is 12.6. The maximum atomic E-state index is 16.0. The molecule has 12 rings (SSSR count). The summed E-state index contributed by atoms with van der Waals surface area (Å²) in [4.78, 5) is 81.8. The monoisotopic (exact) mass is 1360 g/mol. The number of alkyl halides is 4. The number of anilines is 2. The molecule has 488 valence electrons. The number of Topliss-reactive ketones (excluding diaryl/α,β-unsaturated/α-hetero) is 1. The Bertz CT molecular complexity index is 3440. The number of fused-ring (bicyclic) bond motifs is 6. The second-order valence-corrected chi connectivity index (χ2v) is 28.2. The number of carboxylic acid groups (broad SMARTS) is 1. The number of likely N-dealkylation sites (N-methyl/N-ethyl adjacent to an activating group) is 2. The van der Waals surface area contributed by atoms with E-state index in [2.05, 4.69) is 10.6 Å². The van der Waals surface area contributed by atoms with Crippen molar-refractivity contribution in [3.05, 3.63) is 127 Å². The van der Waals surface area contributed by atoms with Gasteiger partial charge in [-0.1, -0.05) is 82.8 Å². The zero-order valence-corrected chi connectivity index (χ0v) is 53.8. The van der Waals surface area contributed by atoms with Crippen LogP contribution in [0.4, 0.5) is 37.7 Å². The topological polar surface area (TPSA) is 198 Å². The Morgan fingerprint density at radius 3 is 1.40 bits per heavy atom. The molecule has 10 atom stereocenters. The number of carbonyl (C=O) groups excluding carboxylic acids is 5. The fourth-order valence-corrected chi connectivity index (χ4v) is 17.8. The summed E-state index contributed by atoms with van der Waals surface area (Å²) in [5.74, 6) is -8.25. The van der Waals surface area contributed by atoms with Gasteiger partial charge in [0.05, 0.1) is 66.7 Å². The first-order chi connectivity index (χ1) is 42.2. The number of ketones is 1. The van der Waals surface area contributed by atoms with Crippen LogP contribution in [0, 0.1) is 51.0 Å². The summed E-state index contributed by atoms with van der Waals surface area (Å²) in [5, 5.41) is 16.3. The number of ether oxygens (including phenoxy) is 2. The quantitative estimate of drug-likeness (QED) is 0.0990. The predicted molar refractivity (Wildman–Crippen MR) is 331 cm³/mol. The van der Waals surface area contributed by atoms with Crippen molar-refractivity contribution in [2.45, 2.75) is 112 Å². The highest BCUT2D eigenvalue weighted by Gasteiger charge is 2.79. The molecule has 90 heavy (non-hydrogen) atoms. The third-order valence-corrected chi connectivity index (χ3v) is 21.7. The van der Waals surface area contributed by atoms with Gasteiger partial charge in [0.1, 0.15) is 29.6 Å². The largest absolute Gasteiger partial charge is 0.481 e. The Hall–Kier alpha value is -5.19. The van der Waals surface area contributed by atoms with Crippen molar-refractivity contribution in [2.24, 2.45) is 45.1 Å². The fourth-order valence-electron chi connectivity index (χ4n) is 17.1. The SMILES string of the molecule is CN(C)C(=O)[C@@H]1CC[C@@H](CC(=O)[C@@H]2CC3(CC(CF)(CF)C3)[C@@]3(C(=O)Nc4cc(Cl)ccc43)[C@H]2c2cccc(Cl)c2F)CO1.CN(C)C(=O)[C@@H]1CC[C@@H](N)CO1.Cl.O=C(O)[C@@H]1CC2(CC(CF)(CF)C2)[C@@]2(C(=O)Nc3cc(Cl)ccc32)[C@H]1c1cccc(Cl)c1F. The molecule has 14 nitrogen and oxygen atoms in total. The molecule has 4 aromatic carbocycles. The molecule has 4 spiro atoms. The zero-order chi connectivity index (χ0) is 64.5. The van der Waals surface area contributed by atoms with Gasteiger partial charge in [0.25, 0.3) is 11.8 Å². The highest BCUT2D eigenvalue weighted by molar-refractivity contribution is 6.32. The highest BCUT2D eigenvalue weighted by atomic mass is 35.5. The molecule has 5 N–H and O–H groups in total. The molecule has 4 saturated carbocycles. The van der Waals surface area contributed by atoms with Crippen molar-refractivity contribution in [3.63, 3.8) is 0 Å². The van der Waals surface area contributed by atoms with Crippen LogP contribution in [0.15, 0.2) is 72.8 Å². The first-order valence-corrected chi connectivity index (χ1v) is 31.2. The minimum absolute atomic E-state index is 0. The van der Waals surface area contributed by atoms with E-state index in [9.17, 15) is 51.4 Å². The Kier molecular flexibility index (Phi) is 20.2. The summed E-state index contributed by atoms with van der Waals surface area (Å²) < 4.78 is 99.0. The van der Waals surface area contributed by atoms with E-state index in [1.165, 1.54) is 29.2 Å². The standard InChI is InChI=1S/C33H35Cl2F3N2O4.C24H20Cl2F3NO3.C8H16N2O2.ClH/c1-40(2)29(42)26-9-6-18(13-44-26)10-25(41)21-12-32(14-31(15-32,16-36)17-37)33(27(21)20-4-3-5-23(35)28(20)38)22-8-7-19(34)11-24(22)39-30(33)43;25-12-4-5-15-17(6-12)30-21(33)24(15)18(13-2-1-3-16(26)19(13)29)14(20(31)32)7-23(24)8-22(9-23,10-27)11-28;1-10(2)8(11)7-4-3-6(9)5-12-7;/h3-5,7-8,11,18,21,26-27H,6,9-10,12-17H2,1-2H3,(H,39,43);1-6,14,18H,7-11H2,(H,30,33)(H,31,32);6-7H,3-5,9H2,1-2H3;1H/t18-,21-,26-,27-,33+;14-,18+,24-;6-,7+;/m011./s1. The van der Waals surface area contributed by atoms with Gasteiger partial charge in [-0.2, -0.15) is 0 Å². The number of halogens is 11. The van der Waals surface area contributed by atoms with Crippen LogP contribution in [-0.4, -0.2) is 137 Å². The molecule has 4 aliphatic carbocycles. The average Bonchev–Trinajstić information content (AvgIpc) is 1.48. The molecule has 0 aromatic heterocycles. The number of nitrogens with zero attached hydrogens (tertiary/aromatic N) is 2. The van der Waals surface area contributed by atoms with Crippen molar-refractivity contribution in [2.75, 3.05) is 78.7 Å². The van der Waals surface area contributed by atoms with Crippen LogP contribution in [0.25, 0.3) is 0 Å². The van der Waals surface area contributed by atoms with Crippen molar-refractivity contribution < 1.29 is 69.7 Å². The van der Waals surface area contributed by atoms with Crippen LogP contribution in [0.3, 0.4) is 0 Å². The fraction of sp³-hybridized carbons (Fsp3) is 0.538. The normalized spacial score (nSPS) is 29.0. The summed E-state index contributed by atoms with van der Waals surface area (Å²) >= 11 is 24.7. The van der Waals surface area contributed by atoms with Crippen LogP contribution >= 0.6 is 58.8 Å². The van der Waals surface area contributed by atoms with E-state index in [4.69, 9.17) is 61.6 Å². The lowest BCUT2D eigenvalue weighted by Crippen LogP contribution is -2.61. The van der Waals surface area contributed by atoms with Crippen molar-refractivity contribution >= 4 is 106 Å². The molecular weight excluding hydrogens is 1290 g/mol. The van der Waals surface area contributed by atoms with Gasteiger partial charge in [0, 0.05) is 90.7 Å². The maximum absolute atomic E-state index is 16.0. The Morgan fingerprint density at radius 2 is 1.02 bits per heavy atom. The third kappa shape index (κ3) is 11.4. The van der Waals surface area contributed by atoms with Gasteiger partial charge in [0.15, 0.2) is 0 Å². The Balaban J connectivity index is 0.000000183. The van der Waals surface area contributed by atoms with Crippen LogP contribution in [0.2, 0.25) is 20.1 Å². The lowest BCUT2D eigenvalue weighted by atomic mass is 9.43. The van der Waals surface area contributed by atoms with Gasteiger partial charge in [-0.05, 0) is 140 Å². The molecule has 2 saturated heterocycles. The van der Waals surface area contributed by atoms with E-state index < -0.39 is 118 Å². The van der Waals surface area contributed by atoms with Crippen molar-refractivity contribution in [1.82, 2.24) is 9.80 Å². The lowest BCUT2D eigenvalue weighted by molar-refractivity contribution is -0.147. The van der Waals surface area contributed by atoms with E-state index >= 15 is 8.78 Å². The number of carboxylic acids is 1. The Morgan fingerprint density at radius 1 is 0.611 bits per heavy atom. The van der Waals surface area contributed by atoms with Gasteiger partial charge in [-0.25, -0.2) is 8.78 Å². The number of benzene rings is 4. The minimum Gasteiger partial charge on any atom is -0.481 e. The summed E-state index contributed by atoms with van der Waals surface area (Å²) in [7, 11) is 6.79. The summed E-state index contributed by atoms with van der Waals surface area (Å²) in [6.07, 6.45) is 2.11. The smallest absolute Gasteiger partial charge is 0.307 e. The van der Waals surface area contributed by atoms with E-state index in [0.29, 0.717) is 52.0 Å². The molecule has 8 aliphatic rings. The second kappa shape index (κ2) is 26.3. The molecule has 4 aromatic rings. The van der Waals surface area contributed by atoms with Gasteiger partial charge in [-0.15, -0.1) is 12.4 Å². The maximum Gasteiger partial charge on any atom is 0.307 e. The van der Waals surface area contributed by atoms with Gasteiger partial charge < -0.3 is 40.7 Å². The molecular formula is C65H72Cl5F6N5O9. The second-order valence-electron chi connectivity index (χ2n) is 26.5. The van der Waals surface area contributed by atoms with Crippen molar-refractivity contribution in [1.29, 1.82) is 0 Å². The first kappa shape index (κ1) is 69.2. The van der Waals surface area contributed by atoms with E-state index in [-0.39, 0.29) is 121 Å². The van der Waals surface area contributed by atoms with Crippen LogP contribution < -0.4 is 16.4 Å². The van der Waals surface area contributed by atoms with Crippen LogP contribution in [-0.2, 0) is 49.1 Å². The van der Waals surface area contributed by atoms with Crippen LogP contribution in [0.1, 0.15) is 105 Å². The number of hydrogen-bond acceptors (Lipinski definition) is 9. The third-order valence-electron chi connectivity index (χ3n) is 20.6. The van der Waals surface area contributed by atoms with Gasteiger partial charge in [-0.3, -0.25) is 46.3 Å². The summed E-state index contributed by atoms with van der Waals surface area (Å²) in [6, 6.07) is 18.6. The van der Waals surface area contributed by atoms with E-state index in [1.807, 2.05) is 0 Å². The zero-order valence-electron chi connectivity index (χ0n) is 49.9.